The molecule has 0 unspecified atom stereocenters. The van der Waals surface area contributed by atoms with E-state index in [0.29, 0.717) is 26.3 Å². The minimum atomic E-state index is -0.561. The number of rotatable bonds is 4. The van der Waals surface area contributed by atoms with Crippen LogP contribution in [0.3, 0.4) is 0 Å². The molecule has 2 rings (SSSR count). The summed E-state index contributed by atoms with van der Waals surface area (Å²) >= 11 is 0. The Bertz CT molecular complexity index is 424. The topological polar surface area (TPSA) is 55.6 Å². The van der Waals surface area contributed by atoms with Crippen molar-refractivity contribution in [3.8, 4) is 0 Å². The van der Waals surface area contributed by atoms with Crippen molar-refractivity contribution >= 4 is 5.91 Å². The van der Waals surface area contributed by atoms with Crippen molar-refractivity contribution in [3.05, 3.63) is 35.6 Å². The van der Waals surface area contributed by atoms with Gasteiger partial charge >= 0.3 is 0 Å². The molecule has 0 atom stereocenters. The van der Waals surface area contributed by atoms with Gasteiger partial charge < -0.3 is 15.4 Å². The Morgan fingerprint density at radius 2 is 2.06 bits per heavy atom. The Morgan fingerprint density at radius 1 is 1.44 bits per heavy atom. The summed E-state index contributed by atoms with van der Waals surface area (Å²) in [5.41, 5.74) is 5.97. The Balaban J connectivity index is 2.01. The zero-order chi connectivity index (χ0) is 13.2. The first-order valence-electron chi connectivity index (χ1n) is 5.85. The minimum absolute atomic E-state index is 0.0134. The fraction of sp³-hybridized carbons (Fsp3) is 0.462. The number of carbonyl (C=O) groups excluding carboxylic acids is 1. The van der Waals surface area contributed by atoms with Crippen LogP contribution in [0.25, 0.3) is 0 Å². The van der Waals surface area contributed by atoms with Gasteiger partial charge in [-0.3, -0.25) is 4.79 Å². The third-order valence-electron chi connectivity index (χ3n) is 3.28. The van der Waals surface area contributed by atoms with Crippen LogP contribution in [-0.4, -0.2) is 37.6 Å². The van der Waals surface area contributed by atoms with Crippen LogP contribution >= 0.6 is 0 Å². The van der Waals surface area contributed by atoms with E-state index in [-0.39, 0.29) is 11.7 Å². The molecular formula is C13H17FN2O2. The molecule has 1 heterocycles. The summed E-state index contributed by atoms with van der Waals surface area (Å²) in [5.74, 6) is -0.292. The number of benzene rings is 1. The van der Waals surface area contributed by atoms with Crippen molar-refractivity contribution in [2.24, 2.45) is 11.1 Å². The first-order valence-corrected chi connectivity index (χ1v) is 5.85. The van der Waals surface area contributed by atoms with Gasteiger partial charge in [-0.15, -0.1) is 0 Å². The van der Waals surface area contributed by atoms with Crippen molar-refractivity contribution in [1.29, 1.82) is 0 Å². The number of amides is 1. The fourth-order valence-corrected chi connectivity index (χ4v) is 2.02. The standard InChI is InChI=1S/C13H17FN2O2/c1-16(6-10-2-4-11(14)5-3-10)12(17)13(7-15)8-18-9-13/h2-5H,6-9,15H2,1H3. The van der Waals surface area contributed by atoms with Gasteiger partial charge in [-0.05, 0) is 17.7 Å². The molecule has 1 aliphatic rings. The number of carbonyl (C=O) groups is 1. The molecule has 0 spiro atoms. The molecule has 0 radical (unpaired) electrons. The monoisotopic (exact) mass is 252 g/mol. The van der Waals surface area contributed by atoms with Crippen LogP contribution in [0, 0.1) is 11.2 Å². The van der Waals surface area contributed by atoms with Gasteiger partial charge in [-0.25, -0.2) is 4.39 Å². The Labute approximate surface area is 106 Å². The molecule has 5 heteroatoms. The van der Waals surface area contributed by atoms with Gasteiger partial charge in [0.15, 0.2) is 0 Å². The lowest BCUT2D eigenvalue weighted by atomic mass is 9.84. The molecule has 1 saturated heterocycles. The van der Waals surface area contributed by atoms with E-state index in [1.54, 1.807) is 24.1 Å². The number of ether oxygens (including phenoxy) is 1. The summed E-state index contributed by atoms with van der Waals surface area (Å²) in [6.07, 6.45) is 0. The summed E-state index contributed by atoms with van der Waals surface area (Å²) in [4.78, 5) is 13.9. The molecule has 0 bridgehead atoms. The van der Waals surface area contributed by atoms with Gasteiger partial charge in [-0.2, -0.15) is 0 Å². The average Bonchev–Trinajstić information content (AvgIpc) is 2.31. The van der Waals surface area contributed by atoms with Crippen LogP contribution in [0.4, 0.5) is 4.39 Å². The summed E-state index contributed by atoms with van der Waals surface area (Å²) < 4.78 is 17.9. The van der Waals surface area contributed by atoms with Gasteiger partial charge in [0.05, 0.1) is 13.2 Å². The molecule has 0 saturated carbocycles. The lowest BCUT2D eigenvalue weighted by molar-refractivity contribution is -0.169. The summed E-state index contributed by atoms with van der Waals surface area (Å²) in [7, 11) is 1.72. The van der Waals surface area contributed by atoms with Crippen LogP contribution in [0.5, 0.6) is 0 Å². The normalized spacial score (nSPS) is 17.1. The van der Waals surface area contributed by atoms with Crippen molar-refractivity contribution in [2.45, 2.75) is 6.54 Å². The minimum Gasteiger partial charge on any atom is -0.379 e. The Hall–Kier alpha value is -1.46. The van der Waals surface area contributed by atoms with E-state index >= 15 is 0 Å². The Morgan fingerprint density at radius 3 is 2.50 bits per heavy atom. The molecule has 1 aromatic rings. The van der Waals surface area contributed by atoms with Crippen molar-refractivity contribution in [2.75, 3.05) is 26.8 Å². The maximum atomic E-state index is 12.8. The molecule has 0 aliphatic carbocycles. The number of hydrogen-bond donors (Lipinski definition) is 1. The van der Waals surface area contributed by atoms with Crippen molar-refractivity contribution in [3.63, 3.8) is 0 Å². The van der Waals surface area contributed by atoms with Crippen molar-refractivity contribution in [1.82, 2.24) is 4.90 Å². The van der Waals surface area contributed by atoms with Crippen molar-refractivity contribution < 1.29 is 13.9 Å². The van der Waals surface area contributed by atoms with Gasteiger partial charge in [0.25, 0.3) is 0 Å². The molecule has 98 valence electrons. The second-order valence-electron chi connectivity index (χ2n) is 4.76. The van der Waals surface area contributed by atoms with Crippen LogP contribution in [0.2, 0.25) is 0 Å². The smallest absolute Gasteiger partial charge is 0.234 e. The first kappa shape index (κ1) is 13.0. The molecular weight excluding hydrogens is 235 g/mol. The number of halogens is 1. The second kappa shape index (κ2) is 5.04. The van der Waals surface area contributed by atoms with Crippen LogP contribution < -0.4 is 5.73 Å². The van der Waals surface area contributed by atoms with E-state index < -0.39 is 5.41 Å². The molecule has 1 fully saturated rings. The van der Waals surface area contributed by atoms with E-state index in [0.717, 1.165) is 5.56 Å². The third-order valence-corrected chi connectivity index (χ3v) is 3.28. The van der Waals surface area contributed by atoms with Gasteiger partial charge in [0.1, 0.15) is 11.2 Å². The zero-order valence-electron chi connectivity index (χ0n) is 10.4. The van der Waals surface area contributed by atoms with Gasteiger partial charge in [0, 0.05) is 20.1 Å². The van der Waals surface area contributed by atoms with E-state index in [2.05, 4.69) is 0 Å². The summed E-state index contributed by atoms with van der Waals surface area (Å²) in [6, 6.07) is 6.12. The average molecular weight is 252 g/mol. The highest BCUT2D eigenvalue weighted by Crippen LogP contribution is 2.28. The van der Waals surface area contributed by atoms with Crippen LogP contribution in [-0.2, 0) is 16.1 Å². The molecule has 0 aromatic heterocycles. The number of nitrogens with two attached hydrogens (primary N) is 1. The van der Waals surface area contributed by atoms with Gasteiger partial charge in [0.2, 0.25) is 5.91 Å². The quantitative estimate of drug-likeness (QED) is 0.860. The van der Waals surface area contributed by atoms with E-state index in [1.807, 2.05) is 0 Å². The highest BCUT2D eigenvalue weighted by Gasteiger charge is 2.46. The fourth-order valence-electron chi connectivity index (χ4n) is 2.02. The van der Waals surface area contributed by atoms with Gasteiger partial charge in [-0.1, -0.05) is 12.1 Å². The lowest BCUT2D eigenvalue weighted by Gasteiger charge is -2.41. The lowest BCUT2D eigenvalue weighted by Crippen LogP contribution is -2.58. The predicted octanol–water partition coefficient (Wildman–Crippen LogP) is 0.759. The zero-order valence-corrected chi connectivity index (χ0v) is 10.4. The van der Waals surface area contributed by atoms with Crippen LogP contribution in [0.15, 0.2) is 24.3 Å². The molecule has 1 aromatic carbocycles. The first-order chi connectivity index (χ1) is 8.57. The molecule has 1 amide bonds. The van der Waals surface area contributed by atoms with Crippen LogP contribution in [0.1, 0.15) is 5.56 Å². The maximum Gasteiger partial charge on any atom is 0.234 e. The number of hydrogen-bond acceptors (Lipinski definition) is 3. The maximum absolute atomic E-state index is 12.8. The second-order valence-corrected chi connectivity index (χ2v) is 4.76. The van der Waals surface area contributed by atoms with E-state index in [1.165, 1.54) is 12.1 Å². The predicted molar refractivity (Wildman–Crippen MR) is 65.2 cm³/mol. The largest absolute Gasteiger partial charge is 0.379 e. The molecule has 1 aliphatic heterocycles. The summed E-state index contributed by atoms with van der Waals surface area (Å²) in [6.45, 7) is 1.51. The highest BCUT2D eigenvalue weighted by atomic mass is 19.1. The molecule has 4 nitrogen and oxygen atoms in total. The van der Waals surface area contributed by atoms with E-state index in [9.17, 15) is 9.18 Å². The summed E-state index contributed by atoms with van der Waals surface area (Å²) in [5, 5.41) is 0. The Kier molecular flexibility index (Phi) is 3.63. The molecule has 2 N–H and O–H groups in total. The third kappa shape index (κ3) is 2.37. The molecule has 18 heavy (non-hydrogen) atoms. The highest BCUT2D eigenvalue weighted by molar-refractivity contribution is 5.84. The SMILES string of the molecule is CN(Cc1ccc(F)cc1)C(=O)C1(CN)COC1. The number of nitrogens with zero attached hydrogens (tertiary/aromatic N) is 1. The van der Waals surface area contributed by atoms with E-state index in [4.69, 9.17) is 10.5 Å².